The highest BCUT2D eigenvalue weighted by molar-refractivity contribution is 5.86. The predicted octanol–water partition coefficient (Wildman–Crippen LogP) is 0.943. The third kappa shape index (κ3) is 4.27. The van der Waals surface area contributed by atoms with E-state index < -0.39 is 5.54 Å². The van der Waals surface area contributed by atoms with Crippen molar-refractivity contribution in [3.05, 3.63) is 35.9 Å². The number of hydrogen-bond acceptors (Lipinski definition) is 4. The lowest BCUT2D eigenvalue weighted by Crippen LogP contribution is -2.59. The number of methoxy groups -OCH3 is 1. The van der Waals surface area contributed by atoms with Gasteiger partial charge in [-0.25, -0.2) is 0 Å². The number of hydrogen-bond donors (Lipinski definition) is 2. The maximum Gasteiger partial charge on any atom is 0.243 e. The molecule has 3 N–H and O–H groups in total. The van der Waals surface area contributed by atoms with Crippen LogP contribution in [0.2, 0.25) is 0 Å². The number of carbonyl (C=O) groups is 1. The second kappa shape index (κ2) is 8.12. The highest BCUT2D eigenvalue weighted by Crippen LogP contribution is 2.23. The molecule has 0 aliphatic rings. The van der Waals surface area contributed by atoms with E-state index in [0.29, 0.717) is 19.7 Å². The largest absolute Gasteiger partial charge is 0.383 e. The molecule has 1 amide bonds. The molecule has 0 saturated heterocycles. The average Bonchev–Trinajstić information content (AvgIpc) is 2.47. The summed E-state index contributed by atoms with van der Waals surface area (Å²) in [6, 6.07) is 9.82. The number of carbonyl (C=O) groups excluding carboxylic acids is 1. The molecule has 0 aliphatic carbocycles. The molecule has 1 aromatic carbocycles. The van der Waals surface area contributed by atoms with E-state index in [1.807, 2.05) is 44.3 Å². The van der Waals surface area contributed by atoms with Crippen molar-refractivity contribution in [2.75, 3.05) is 33.9 Å². The zero-order valence-corrected chi connectivity index (χ0v) is 13.4. The third-order valence-electron chi connectivity index (χ3n) is 3.81. The van der Waals surface area contributed by atoms with Crippen LogP contribution in [-0.4, -0.2) is 50.7 Å². The van der Waals surface area contributed by atoms with Gasteiger partial charge in [0.05, 0.1) is 6.61 Å². The average molecular weight is 293 g/mol. The summed E-state index contributed by atoms with van der Waals surface area (Å²) < 4.78 is 5.19. The van der Waals surface area contributed by atoms with Gasteiger partial charge in [-0.3, -0.25) is 15.0 Å². The van der Waals surface area contributed by atoms with Crippen LogP contribution in [0.4, 0.5) is 0 Å². The van der Waals surface area contributed by atoms with Crippen molar-refractivity contribution in [1.29, 1.82) is 0 Å². The molecule has 0 radical (unpaired) electrons. The molecule has 0 saturated carbocycles. The first-order chi connectivity index (χ1) is 9.97. The number of rotatable bonds is 9. The van der Waals surface area contributed by atoms with Gasteiger partial charge in [0.2, 0.25) is 5.91 Å². The van der Waals surface area contributed by atoms with Crippen LogP contribution in [0.15, 0.2) is 30.3 Å². The van der Waals surface area contributed by atoms with Crippen LogP contribution >= 0.6 is 0 Å². The summed E-state index contributed by atoms with van der Waals surface area (Å²) in [4.78, 5) is 14.3. The number of primary amides is 1. The van der Waals surface area contributed by atoms with Crippen molar-refractivity contribution in [1.82, 2.24) is 10.2 Å². The predicted molar refractivity (Wildman–Crippen MR) is 85.0 cm³/mol. The Labute approximate surface area is 127 Å². The Bertz CT molecular complexity index is 438. The second-order valence-corrected chi connectivity index (χ2v) is 5.39. The van der Waals surface area contributed by atoms with Gasteiger partial charge in [-0.2, -0.15) is 0 Å². The van der Waals surface area contributed by atoms with Gasteiger partial charge in [0.15, 0.2) is 0 Å². The van der Waals surface area contributed by atoms with Crippen LogP contribution in [-0.2, 0) is 15.1 Å². The summed E-state index contributed by atoms with van der Waals surface area (Å²) in [7, 11) is 3.65. The first-order valence-corrected chi connectivity index (χ1v) is 7.27. The van der Waals surface area contributed by atoms with Crippen molar-refractivity contribution in [2.45, 2.75) is 25.4 Å². The van der Waals surface area contributed by atoms with E-state index in [1.165, 1.54) is 0 Å². The number of nitrogens with two attached hydrogens (primary N) is 1. The molecule has 2 atom stereocenters. The Morgan fingerprint density at radius 1 is 1.43 bits per heavy atom. The molecule has 21 heavy (non-hydrogen) atoms. The molecule has 1 aromatic rings. The number of benzene rings is 1. The van der Waals surface area contributed by atoms with Gasteiger partial charge in [-0.05, 0) is 26.1 Å². The van der Waals surface area contributed by atoms with E-state index in [4.69, 9.17) is 10.5 Å². The van der Waals surface area contributed by atoms with Gasteiger partial charge in [0, 0.05) is 19.7 Å². The number of nitrogens with one attached hydrogen (secondary N) is 1. The van der Waals surface area contributed by atoms with E-state index in [0.717, 1.165) is 5.56 Å². The van der Waals surface area contributed by atoms with Gasteiger partial charge in [-0.15, -0.1) is 0 Å². The van der Waals surface area contributed by atoms with Gasteiger partial charge in [-0.1, -0.05) is 37.3 Å². The van der Waals surface area contributed by atoms with Crippen molar-refractivity contribution in [2.24, 2.45) is 5.73 Å². The van der Waals surface area contributed by atoms with E-state index in [2.05, 4.69) is 17.1 Å². The topological polar surface area (TPSA) is 67.6 Å². The SMILES string of the molecule is CCNC(CN(C)C(C)COC)(C(N)=O)c1ccccc1. The monoisotopic (exact) mass is 293 g/mol. The zero-order valence-electron chi connectivity index (χ0n) is 13.4. The van der Waals surface area contributed by atoms with Crippen molar-refractivity contribution in [3.8, 4) is 0 Å². The molecule has 0 spiro atoms. The second-order valence-electron chi connectivity index (χ2n) is 5.39. The summed E-state index contributed by atoms with van der Waals surface area (Å²) in [6.45, 7) is 5.78. The number of amides is 1. The van der Waals surface area contributed by atoms with Crippen LogP contribution in [0.3, 0.4) is 0 Å². The molecule has 1 rings (SSSR count). The minimum atomic E-state index is -0.896. The van der Waals surface area contributed by atoms with Crippen molar-refractivity contribution in [3.63, 3.8) is 0 Å². The normalized spacial score (nSPS) is 15.7. The summed E-state index contributed by atoms with van der Waals surface area (Å²) in [5, 5.41) is 3.28. The smallest absolute Gasteiger partial charge is 0.243 e. The number of likely N-dealkylation sites (N-methyl/N-ethyl adjacent to an activating group) is 2. The van der Waals surface area contributed by atoms with Crippen LogP contribution in [0, 0.1) is 0 Å². The van der Waals surface area contributed by atoms with E-state index in [1.54, 1.807) is 7.11 Å². The molecule has 0 fully saturated rings. The van der Waals surface area contributed by atoms with Crippen LogP contribution in [0.25, 0.3) is 0 Å². The minimum Gasteiger partial charge on any atom is -0.383 e. The van der Waals surface area contributed by atoms with E-state index >= 15 is 0 Å². The van der Waals surface area contributed by atoms with Gasteiger partial charge in [0.25, 0.3) is 0 Å². The molecule has 5 nitrogen and oxygen atoms in total. The first kappa shape index (κ1) is 17.6. The Balaban J connectivity index is 3.10. The van der Waals surface area contributed by atoms with Crippen LogP contribution in [0.5, 0.6) is 0 Å². The van der Waals surface area contributed by atoms with Crippen molar-refractivity contribution < 1.29 is 9.53 Å². The molecule has 0 aliphatic heterocycles. The summed E-state index contributed by atoms with van der Waals surface area (Å²) in [5.74, 6) is -0.369. The van der Waals surface area contributed by atoms with E-state index in [-0.39, 0.29) is 11.9 Å². The molecule has 0 heterocycles. The lowest BCUT2D eigenvalue weighted by Gasteiger charge is -2.37. The first-order valence-electron chi connectivity index (χ1n) is 7.27. The Morgan fingerprint density at radius 3 is 2.52 bits per heavy atom. The highest BCUT2D eigenvalue weighted by atomic mass is 16.5. The molecular weight excluding hydrogens is 266 g/mol. The lowest BCUT2D eigenvalue weighted by molar-refractivity contribution is -0.126. The number of ether oxygens (including phenoxy) is 1. The molecule has 0 bridgehead atoms. The fourth-order valence-electron chi connectivity index (χ4n) is 2.48. The van der Waals surface area contributed by atoms with Crippen molar-refractivity contribution >= 4 is 5.91 Å². The third-order valence-corrected chi connectivity index (χ3v) is 3.81. The van der Waals surface area contributed by atoms with Gasteiger partial charge < -0.3 is 10.5 Å². The fraction of sp³-hybridized carbons (Fsp3) is 0.562. The number of nitrogens with zero attached hydrogens (tertiary/aromatic N) is 1. The van der Waals surface area contributed by atoms with Gasteiger partial charge in [0.1, 0.15) is 5.54 Å². The Hall–Kier alpha value is -1.43. The molecular formula is C16H27N3O2. The fourth-order valence-corrected chi connectivity index (χ4v) is 2.48. The molecule has 5 heteroatoms. The highest BCUT2D eigenvalue weighted by Gasteiger charge is 2.39. The van der Waals surface area contributed by atoms with Crippen LogP contribution < -0.4 is 11.1 Å². The standard InChI is InChI=1S/C16H27N3O2/c1-5-18-16(15(17)20,14-9-7-6-8-10-14)12-19(3)13(2)11-21-4/h6-10,13,18H,5,11-12H2,1-4H3,(H2,17,20). The van der Waals surface area contributed by atoms with Gasteiger partial charge >= 0.3 is 0 Å². The quantitative estimate of drug-likeness (QED) is 0.711. The van der Waals surface area contributed by atoms with Crippen LogP contribution in [0.1, 0.15) is 19.4 Å². The Kier molecular flexibility index (Phi) is 6.81. The minimum absolute atomic E-state index is 0.191. The maximum atomic E-state index is 12.2. The zero-order chi connectivity index (χ0) is 15.9. The lowest BCUT2D eigenvalue weighted by atomic mass is 9.88. The summed E-state index contributed by atoms with van der Waals surface area (Å²) >= 11 is 0. The molecule has 118 valence electrons. The van der Waals surface area contributed by atoms with E-state index in [9.17, 15) is 4.79 Å². The summed E-state index contributed by atoms with van der Waals surface area (Å²) in [5.41, 5.74) is 5.74. The maximum absolute atomic E-state index is 12.2. The molecule has 0 aromatic heterocycles. The Morgan fingerprint density at radius 2 is 2.05 bits per heavy atom. The molecule has 2 unspecified atom stereocenters. The summed E-state index contributed by atoms with van der Waals surface area (Å²) in [6.07, 6.45) is 0.